The van der Waals surface area contributed by atoms with Crippen molar-refractivity contribution < 1.29 is 5.11 Å². The van der Waals surface area contributed by atoms with E-state index in [0.717, 1.165) is 6.54 Å². The molecule has 0 aromatic heterocycles. The summed E-state index contributed by atoms with van der Waals surface area (Å²) in [4.78, 5) is 4.85. The van der Waals surface area contributed by atoms with Gasteiger partial charge in [0, 0.05) is 17.5 Å². The molecule has 74 valence electrons. The lowest BCUT2D eigenvalue weighted by Crippen LogP contribution is -2.35. The van der Waals surface area contributed by atoms with Crippen molar-refractivity contribution >= 4 is 0 Å². The maximum Gasteiger partial charge on any atom is 0.0723 e. The molecule has 0 saturated carbocycles. The number of nitrogens with zero attached hydrogens (tertiary/aromatic N) is 4. The lowest BCUT2D eigenvalue weighted by molar-refractivity contribution is 0.115. The first kappa shape index (κ1) is 10.3. The Labute approximate surface area is 78.0 Å². The normalized spacial score (nSPS) is 25.5. The Morgan fingerprint density at radius 1 is 1.77 bits per heavy atom. The molecule has 1 unspecified atom stereocenters. The van der Waals surface area contributed by atoms with Gasteiger partial charge in [0.2, 0.25) is 0 Å². The SMILES string of the molecule is CC1CCCN1C[C@@H](O)CN=[N+]=[N-]. The van der Waals surface area contributed by atoms with Gasteiger partial charge in [-0.2, -0.15) is 0 Å². The number of hydrogen-bond donors (Lipinski definition) is 1. The fraction of sp³-hybridized carbons (Fsp3) is 1.00. The van der Waals surface area contributed by atoms with E-state index in [0.29, 0.717) is 12.6 Å². The molecule has 0 aliphatic carbocycles. The first-order chi connectivity index (χ1) is 6.24. The van der Waals surface area contributed by atoms with Crippen LogP contribution in [0, 0.1) is 0 Å². The molecule has 13 heavy (non-hydrogen) atoms. The second kappa shape index (κ2) is 5.07. The first-order valence-electron chi connectivity index (χ1n) is 4.67. The van der Waals surface area contributed by atoms with Crippen LogP contribution in [0.4, 0.5) is 0 Å². The fourth-order valence-corrected chi connectivity index (χ4v) is 1.72. The Morgan fingerprint density at radius 2 is 2.54 bits per heavy atom. The van der Waals surface area contributed by atoms with Crippen LogP contribution in [0.3, 0.4) is 0 Å². The van der Waals surface area contributed by atoms with Gasteiger partial charge in [0.25, 0.3) is 0 Å². The minimum absolute atomic E-state index is 0.180. The number of β-amino-alcohol motifs (C(OH)–C–C–N with tert-alkyl or cyclic N) is 1. The van der Waals surface area contributed by atoms with Gasteiger partial charge in [-0.05, 0) is 31.8 Å². The lowest BCUT2D eigenvalue weighted by Gasteiger charge is -2.23. The molecule has 1 rings (SSSR count). The molecule has 0 aromatic carbocycles. The molecule has 1 fully saturated rings. The topological polar surface area (TPSA) is 72.2 Å². The van der Waals surface area contributed by atoms with Gasteiger partial charge in [-0.15, -0.1) is 0 Å². The summed E-state index contributed by atoms with van der Waals surface area (Å²) in [5.41, 5.74) is 8.06. The maximum absolute atomic E-state index is 9.45. The second-order valence-corrected chi connectivity index (χ2v) is 3.55. The predicted octanol–water partition coefficient (Wildman–Crippen LogP) is 1.14. The molecule has 1 saturated heterocycles. The molecule has 5 nitrogen and oxygen atoms in total. The van der Waals surface area contributed by atoms with Crippen LogP contribution >= 0.6 is 0 Å². The molecule has 1 N–H and O–H groups in total. The van der Waals surface area contributed by atoms with Crippen LogP contribution in [0.25, 0.3) is 10.4 Å². The van der Waals surface area contributed by atoms with Crippen molar-refractivity contribution in [1.29, 1.82) is 0 Å². The number of aliphatic hydroxyl groups excluding tert-OH is 1. The Morgan fingerprint density at radius 3 is 3.08 bits per heavy atom. The molecular weight excluding hydrogens is 168 g/mol. The van der Waals surface area contributed by atoms with Gasteiger partial charge in [0.15, 0.2) is 0 Å². The van der Waals surface area contributed by atoms with Crippen molar-refractivity contribution in [2.75, 3.05) is 19.6 Å². The molecule has 0 spiro atoms. The molecule has 0 amide bonds. The minimum atomic E-state index is -0.517. The van der Waals surface area contributed by atoms with E-state index in [9.17, 15) is 5.11 Å². The zero-order valence-electron chi connectivity index (χ0n) is 7.93. The Bertz CT molecular complexity index is 202. The minimum Gasteiger partial charge on any atom is -0.392 e. The molecule has 0 bridgehead atoms. The third-order valence-electron chi connectivity index (χ3n) is 2.49. The summed E-state index contributed by atoms with van der Waals surface area (Å²) in [5.74, 6) is 0. The summed E-state index contributed by atoms with van der Waals surface area (Å²) in [7, 11) is 0. The standard InChI is InChI=1S/C8H16N4O/c1-7-3-2-4-12(7)6-8(13)5-10-11-9/h7-8,13H,2-6H2,1H3/t7?,8-/m0/s1. The molecule has 2 atom stereocenters. The Hall–Kier alpha value is -0.770. The second-order valence-electron chi connectivity index (χ2n) is 3.55. The van der Waals surface area contributed by atoms with E-state index in [-0.39, 0.29) is 6.54 Å². The third kappa shape index (κ3) is 3.22. The van der Waals surface area contributed by atoms with Crippen LogP contribution in [-0.2, 0) is 0 Å². The number of hydrogen-bond acceptors (Lipinski definition) is 3. The highest BCUT2D eigenvalue weighted by Crippen LogP contribution is 2.16. The summed E-state index contributed by atoms with van der Waals surface area (Å²) in [6, 6.07) is 0.556. The average Bonchev–Trinajstić information content (AvgIpc) is 2.48. The molecule has 1 aliphatic rings. The van der Waals surface area contributed by atoms with Crippen LogP contribution < -0.4 is 0 Å². The van der Waals surface area contributed by atoms with Crippen molar-refractivity contribution in [2.24, 2.45) is 5.11 Å². The highest BCUT2D eigenvalue weighted by atomic mass is 16.3. The van der Waals surface area contributed by atoms with Crippen LogP contribution in [-0.4, -0.2) is 41.8 Å². The predicted molar refractivity (Wildman–Crippen MR) is 50.3 cm³/mol. The highest BCUT2D eigenvalue weighted by molar-refractivity contribution is 4.78. The number of likely N-dealkylation sites (tertiary alicyclic amines) is 1. The van der Waals surface area contributed by atoms with Gasteiger partial charge in [-0.3, -0.25) is 4.90 Å². The zero-order valence-corrected chi connectivity index (χ0v) is 7.93. The molecule has 1 aliphatic heterocycles. The summed E-state index contributed by atoms with van der Waals surface area (Å²) >= 11 is 0. The molecule has 1 heterocycles. The van der Waals surface area contributed by atoms with Crippen molar-refractivity contribution in [3.8, 4) is 0 Å². The van der Waals surface area contributed by atoms with Crippen LogP contribution in [0.1, 0.15) is 19.8 Å². The van der Waals surface area contributed by atoms with Gasteiger partial charge < -0.3 is 5.11 Å². The van der Waals surface area contributed by atoms with Crippen molar-refractivity contribution in [2.45, 2.75) is 31.9 Å². The van der Waals surface area contributed by atoms with E-state index in [4.69, 9.17) is 5.53 Å². The summed E-state index contributed by atoms with van der Waals surface area (Å²) < 4.78 is 0. The number of azide groups is 1. The van der Waals surface area contributed by atoms with Gasteiger partial charge in [0.05, 0.1) is 12.6 Å². The van der Waals surface area contributed by atoms with Gasteiger partial charge in [0.1, 0.15) is 0 Å². The van der Waals surface area contributed by atoms with E-state index >= 15 is 0 Å². The number of aliphatic hydroxyl groups is 1. The average molecular weight is 184 g/mol. The Kier molecular flexibility index (Phi) is 4.02. The van der Waals surface area contributed by atoms with E-state index in [1.807, 2.05) is 0 Å². The van der Waals surface area contributed by atoms with Gasteiger partial charge >= 0.3 is 0 Å². The Balaban J connectivity index is 2.26. The molecule has 0 aromatic rings. The maximum atomic E-state index is 9.45. The lowest BCUT2D eigenvalue weighted by atomic mass is 10.2. The summed E-state index contributed by atoms with van der Waals surface area (Å²) in [6.45, 7) is 4.02. The van der Waals surface area contributed by atoms with E-state index in [1.165, 1.54) is 12.8 Å². The molecule has 0 radical (unpaired) electrons. The molecule has 5 heteroatoms. The van der Waals surface area contributed by atoms with Crippen molar-refractivity contribution in [1.82, 2.24) is 4.90 Å². The van der Waals surface area contributed by atoms with E-state index in [1.54, 1.807) is 0 Å². The monoisotopic (exact) mass is 184 g/mol. The highest BCUT2D eigenvalue weighted by Gasteiger charge is 2.21. The first-order valence-corrected chi connectivity index (χ1v) is 4.67. The fourth-order valence-electron chi connectivity index (χ4n) is 1.72. The quantitative estimate of drug-likeness (QED) is 0.404. The largest absolute Gasteiger partial charge is 0.392 e. The van der Waals surface area contributed by atoms with Crippen LogP contribution in [0.5, 0.6) is 0 Å². The smallest absolute Gasteiger partial charge is 0.0723 e. The summed E-state index contributed by atoms with van der Waals surface area (Å²) in [6.07, 6.45) is 1.89. The van der Waals surface area contributed by atoms with Crippen LogP contribution in [0.15, 0.2) is 5.11 Å². The number of rotatable bonds is 4. The van der Waals surface area contributed by atoms with Gasteiger partial charge in [-0.1, -0.05) is 5.11 Å². The summed E-state index contributed by atoms with van der Waals surface area (Å²) in [5, 5.41) is 12.8. The van der Waals surface area contributed by atoms with Crippen LogP contribution in [0.2, 0.25) is 0 Å². The molecular formula is C8H16N4O. The van der Waals surface area contributed by atoms with E-state index in [2.05, 4.69) is 21.8 Å². The van der Waals surface area contributed by atoms with Crippen molar-refractivity contribution in [3.63, 3.8) is 0 Å². The van der Waals surface area contributed by atoms with Gasteiger partial charge in [-0.25, -0.2) is 0 Å². The van der Waals surface area contributed by atoms with E-state index < -0.39 is 6.10 Å². The third-order valence-corrected chi connectivity index (χ3v) is 2.49. The van der Waals surface area contributed by atoms with Crippen molar-refractivity contribution in [3.05, 3.63) is 10.4 Å². The zero-order chi connectivity index (χ0) is 9.68.